The number of anilines is 1. The number of aryl methyl sites for hydroxylation is 1. The summed E-state index contributed by atoms with van der Waals surface area (Å²) in [7, 11) is 0. The van der Waals surface area contributed by atoms with Crippen LogP contribution in [0.1, 0.15) is 40.2 Å². The number of H-pyrrole nitrogens is 1. The molecule has 3 aromatic carbocycles. The molecular weight excluding hydrogens is 546 g/mol. The van der Waals surface area contributed by atoms with E-state index in [0.717, 1.165) is 29.6 Å². The molecule has 1 unspecified atom stereocenters. The van der Waals surface area contributed by atoms with E-state index in [1.165, 1.54) is 10.9 Å². The zero-order valence-electron chi connectivity index (χ0n) is 22.2. The summed E-state index contributed by atoms with van der Waals surface area (Å²) in [5, 5.41) is 9.32. The Hall–Kier alpha value is -3.99. The zero-order chi connectivity index (χ0) is 29.6. The molecule has 1 aromatic heterocycles. The molecule has 0 saturated heterocycles. The predicted octanol–water partition coefficient (Wildman–Crippen LogP) is 7.64. The molecule has 11 heteroatoms. The minimum absolute atomic E-state index is 0.0162. The normalized spacial score (nSPS) is 12.9. The van der Waals surface area contributed by atoms with E-state index in [-0.39, 0.29) is 18.5 Å². The van der Waals surface area contributed by atoms with Crippen molar-refractivity contribution in [2.75, 3.05) is 25.0 Å². The molecule has 5 nitrogen and oxygen atoms in total. The summed E-state index contributed by atoms with van der Waals surface area (Å²) in [4.78, 5) is 15.8. The third kappa shape index (κ3) is 8.26. The van der Waals surface area contributed by atoms with E-state index in [1.807, 2.05) is 55.6 Å². The highest BCUT2D eigenvalue weighted by Crippen LogP contribution is 2.37. The molecular formula is C30H30F6N4O. The van der Waals surface area contributed by atoms with Crippen molar-refractivity contribution in [3.05, 3.63) is 101 Å². The topological polar surface area (TPSA) is 69.0 Å². The molecule has 1 heterocycles. The van der Waals surface area contributed by atoms with Crippen molar-refractivity contribution >= 4 is 22.6 Å². The van der Waals surface area contributed by atoms with E-state index in [0.29, 0.717) is 25.1 Å². The maximum atomic E-state index is 13.2. The molecule has 0 aliphatic heterocycles. The van der Waals surface area contributed by atoms with Gasteiger partial charge in [-0.25, -0.2) is 4.79 Å². The number of nitrogens with one attached hydrogen (secondary N) is 4. The lowest BCUT2D eigenvalue weighted by molar-refractivity contribution is -0.143. The first-order valence-corrected chi connectivity index (χ1v) is 13.1. The fourth-order valence-electron chi connectivity index (χ4n) is 4.69. The third-order valence-electron chi connectivity index (χ3n) is 6.78. The minimum atomic E-state index is -5.01. The van der Waals surface area contributed by atoms with Crippen LogP contribution < -0.4 is 16.0 Å². The van der Waals surface area contributed by atoms with Crippen molar-refractivity contribution in [1.29, 1.82) is 0 Å². The van der Waals surface area contributed by atoms with Crippen molar-refractivity contribution < 1.29 is 31.1 Å². The number of carbonyl (C=O) groups is 1. The Bertz CT molecular complexity index is 1450. The number of aromatic nitrogens is 1. The summed E-state index contributed by atoms with van der Waals surface area (Å²) in [5.41, 5.74) is 0.653. The number of aromatic amines is 1. The Kier molecular flexibility index (Phi) is 9.27. The molecule has 0 aliphatic carbocycles. The fourth-order valence-corrected chi connectivity index (χ4v) is 4.69. The molecule has 0 bridgehead atoms. The van der Waals surface area contributed by atoms with Crippen molar-refractivity contribution in [2.24, 2.45) is 0 Å². The fraction of sp³-hybridized carbons (Fsp3) is 0.300. The summed E-state index contributed by atoms with van der Waals surface area (Å²) >= 11 is 0. The molecule has 0 aliphatic rings. The number of benzene rings is 3. The van der Waals surface area contributed by atoms with Gasteiger partial charge >= 0.3 is 18.4 Å². The van der Waals surface area contributed by atoms with Gasteiger partial charge < -0.3 is 20.9 Å². The second-order valence-electron chi connectivity index (χ2n) is 9.89. The Balaban J connectivity index is 1.36. The number of carbonyl (C=O) groups excluding carboxylic acids is 1. The lowest BCUT2D eigenvalue weighted by atomic mass is 9.94. The molecule has 41 heavy (non-hydrogen) atoms. The van der Waals surface area contributed by atoms with E-state index in [4.69, 9.17) is 0 Å². The highest BCUT2D eigenvalue weighted by Gasteiger charge is 2.37. The lowest BCUT2D eigenvalue weighted by Crippen LogP contribution is -2.33. The first kappa shape index (κ1) is 30.0. The standard InChI is InChI=1S/C30H30F6N4O/c1-19-5-4-6-20(13-19)21(9-11-37-12-10-22-18-38-27-8-3-2-7-26(22)27)17-39-28(41)40-25-15-23(29(31,32)33)14-24(16-25)30(34,35)36/h2-8,13-16,18,21,37-38H,9-12,17H2,1H3,(H2,39,40,41). The maximum Gasteiger partial charge on any atom is 0.416 e. The molecule has 218 valence electrons. The third-order valence-corrected chi connectivity index (χ3v) is 6.78. The molecule has 0 saturated carbocycles. The van der Waals surface area contributed by atoms with Gasteiger partial charge in [0.1, 0.15) is 0 Å². The molecule has 0 fully saturated rings. The van der Waals surface area contributed by atoms with Crippen LogP contribution in [0.25, 0.3) is 10.9 Å². The van der Waals surface area contributed by atoms with Crippen LogP contribution in [0, 0.1) is 6.92 Å². The van der Waals surface area contributed by atoms with Gasteiger partial charge in [0, 0.05) is 35.2 Å². The predicted molar refractivity (Wildman–Crippen MR) is 147 cm³/mol. The molecule has 4 rings (SSSR count). The number of urea groups is 1. The summed E-state index contributed by atoms with van der Waals surface area (Å²) in [6, 6.07) is 15.9. The van der Waals surface area contributed by atoms with Gasteiger partial charge in [-0.05, 0) is 68.2 Å². The number of alkyl halides is 6. The van der Waals surface area contributed by atoms with E-state index in [9.17, 15) is 31.1 Å². The largest absolute Gasteiger partial charge is 0.416 e. The Morgan fingerprint density at radius 1 is 0.878 bits per heavy atom. The van der Waals surface area contributed by atoms with Crippen molar-refractivity contribution in [3.8, 4) is 0 Å². The Morgan fingerprint density at radius 3 is 2.27 bits per heavy atom. The smallest absolute Gasteiger partial charge is 0.361 e. The van der Waals surface area contributed by atoms with Gasteiger partial charge in [0.05, 0.1) is 11.1 Å². The second kappa shape index (κ2) is 12.7. The van der Waals surface area contributed by atoms with Gasteiger partial charge in [-0.15, -0.1) is 0 Å². The van der Waals surface area contributed by atoms with Crippen LogP contribution in [0.2, 0.25) is 0 Å². The SMILES string of the molecule is Cc1cccc(C(CCNCCc2c[nH]c3ccccc23)CNC(=O)Nc2cc(C(F)(F)F)cc(C(F)(F)F)c2)c1. The maximum absolute atomic E-state index is 13.2. The van der Waals surface area contributed by atoms with Gasteiger partial charge in [-0.1, -0.05) is 48.0 Å². The lowest BCUT2D eigenvalue weighted by Gasteiger charge is -2.20. The van der Waals surface area contributed by atoms with Crippen LogP contribution in [0.5, 0.6) is 0 Å². The van der Waals surface area contributed by atoms with Crippen molar-refractivity contribution in [3.63, 3.8) is 0 Å². The van der Waals surface area contributed by atoms with E-state index in [2.05, 4.69) is 27.0 Å². The highest BCUT2D eigenvalue weighted by molar-refractivity contribution is 5.89. The molecule has 0 spiro atoms. The van der Waals surface area contributed by atoms with E-state index >= 15 is 0 Å². The van der Waals surface area contributed by atoms with Crippen LogP contribution in [-0.2, 0) is 18.8 Å². The number of fused-ring (bicyclic) bond motifs is 1. The van der Waals surface area contributed by atoms with Crippen molar-refractivity contribution in [1.82, 2.24) is 15.6 Å². The van der Waals surface area contributed by atoms with E-state index in [1.54, 1.807) is 0 Å². The zero-order valence-corrected chi connectivity index (χ0v) is 22.2. The minimum Gasteiger partial charge on any atom is -0.361 e. The summed E-state index contributed by atoms with van der Waals surface area (Å²) < 4.78 is 79.0. The number of halogens is 6. The summed E-state index contributed by atoms with van der Waals surface area (Å²) in [5.74, 6) is -0.145. The van der Waals surface area contributed by atoms with Crippen LogP contribution in [0.4, 0.5) is 36.8 Å². The Labute approximate surface area is 233 Å². The van der Waals surface area contributed by atoms with Crippen LogP contribution in [0.3, 0.4) is 0 Å². The average molecular weight is 577 g/mol. The first-order valence-electron chi connectivity index (χ1n) is 13.1. The molecule has 4 aromatic rings. The second-order valence-corrected chi connectivity index (χ2v) is 9.89. The average Bonchev–Trinajstić information content (AvgIpc) is 3.32. The number of hydrogen-bond donors (Lipinski definition) is 4. The summed E-state index contributed by atoms with van der Waals surface area (Å²) in [6.07, 6.45) is -6.57. The van der Waals surface area contributed by atoms with Crippen LogP contribution in [-0.4, -0.2) is 30.6 Å². The number of rotatable bonds is 10. The quantitative estimate of drug-likeness (QED) is 0.116. The first-order chi connectivity index (χ1) is 19.4. The monoisotopic (exact) mass is 576 g/mol. The van der Waals surface area contributed by atoms with Gasteiger partial charge in [0.15, 0.2) is 0 Å². The summed E-state index contributed by atoms with van der Waals surface area (Å²) in [6.45, 7) is 3.43. The van der Waals surface area contributed by atoms with Crippen molar-refractivity contribution in [2.45, 2.75) is 38.0 Å². The molecule has 1 atom stereocenters. The van der Waals surface area contributed by atoms with Gasteiger partial charge in [0.25, 0.3) is 0 Å². The highest BCUT2D eigenvalue weighted by atomic mass is 19.4. The van der Waals surface area contributed by atoms with E-state index < -0.39 is 35.2 Å². The Morgan fingerprint density at radius 2 is 1.59 bits per heavy atom. The number of para-hydroxylation sites is 1. The van der Waals surface area contributed by atoms with Gasteiger partial charge in [-0.3, -0.25) is 0 Å². The molecule has 0 radical (unpaired) electrons. The molecule has 2 amide bonds. The number of amides is 2. The van der Waals surface area contributed by atoms with Gasteiger partial charge in [0.2, 0.25) is 0 Å². The van der Waals surface area contributed by atoms with Gasteiger partial charge in [-0.2, -0.15) is 26.3 Å². The number of hydrogen-bond acceptors (Lipinski definition) is 2. The van der Waals surface area contributed by atoms with Crippen LogP contribution >= 0.6 is 0 Å². The molecule has 4 N–H and O–H groups in total. The van der Waals surface area contributed by atoms with Crippen LogP contribution in [0.15, 0.2) is 72.9 Å².